The molecule has 1 aromatic rings. The number of benzene rings is 1. The highest BCUT2D eigenvalue weighted by Crippen LogP contribution is 2.45. The minimum absolute atomic E-state index is 0.0967. The predicted molar refractivity (Wildman–Crippen MR) is 69.2 cm³/mol. The number of nitrogens with one attached hydrogen (secondary N) is 1. The average Bonchev–Trinajstić information content (AvgIpc) is 2.30. The molecule has 0 bridgehead atoms. The van der Waals surface area contributed by atoms with Crippen LogP contribution in [0.3, 0.4) is 0 Å². The number of nitrogens with zero attached hydrogens (tertiary/aromatic N) is 2. The molecule has 0 amide bonds. The zero-order valence-electron chi connectivity index (χ0n) is 9.73. The molecule has 0 unspecified atom stereocenters. The van der Waals surface area contributed by atoms with Crippen LogP contribution in [0.25, 0.3) is 0 Å². The smallest absolute Gasteiger partial charge is 0.203 e. The quantitative estimate of drug-likeness (QED) is 0.322. The van der Waals surface area contributed by atoms with Crippen LogP contribution in [0.15, 0.2) is 28.2 Å². The van der Waals surface area contributed by atoms with E-state index >= 15 is 0 Å². The number of phenolic OH excluding ortho intramolecular Hbond substituents is 1. The van der Waals surface area contributed by atoms with Gasteiger partial charge in [-0.15, -0.1) is 0 Å². The van der Waals surface area contributed by atoms with Gasteiger partial charge >= 0.3 is 0 Å². The van der Waals surface area contributed by atoms with Gasteiger partial charge in [0.15, 0.2) is 5.78 Å². The molecule has 0 aromatic heterocycles. The summed E-state index contributed by atoms with van der Waals surface area (Å²) in [5, 5.41) is 21.6. The number of ketones is 1. The van der Waals surface area contributed by atoms with Gasteiger partial charge in [-0.05, 0) is 18.2 Å². The highest BCUT2D eigenvalue weighted by Gasteiger charge is 2.17. The van der Waals surface area contributed by atoms with Gasteiger partial charge in [0.05, 0.1) is 10.6 Å². The Hall–Kier alpha value is -2.12. The molecule has 0 saturated heterocycles. The first-order valence-corrected chi connectivity index (χ1v) is 6.34. The van der Waals surface area contributed by atoms with Gasteiger partial charge in [-0.2, -0.15) is 10.4 Å². The molecule has 5 N–H and O–H groups in total. The molecule has 0 spiro atoms. The third-order valence-corrected chi connectivity index (χ3v) is 2.90. The maximum absolute atomic E-state index is 10.9. The molecule has 0 radical (unpaired) electrons. The van der Waals surface area contributed by atoms with Crippen LogP contribution in [0.1, 0.15) is 6.92 Å². The summed E-state index contributed by atoms with van der Waals surface area (Å²) in [5.41, 5.74) is 1.72. The van der Waals surface area contributed by atoms with Crippen LogP contribution in [0.2, 0.25) is 0 Å². The number of hydrogen-bond acceptors (Lipinski definition) is 8. The lowest BCUT2D eigenvalue weighted by molar-refractivity contribution is -0.110. The topological polar surface area (TPSA) is 146 Å². The first kappa shape index (κ1) is 14.9. The molecule has 19 heavy (non-hydrogen) atoms. The third-order valence-electron chi connectivity index (χ3n) is 2.01. The lowest BCUT2D eigenvalue weighted by Crippen LogP contribution is -2.09. The van der Waals surface area contributed by atoms with Gasteiger partial charge < -0.3 is 18.8 Å². The van der Waals surface area contributed by atoms with Crippen molar-refractivity contribution in [3.8, 4) is 11.8 Å². The Kier molecular flexibility index (Phi) is 4.47. The summed E-state index contributed by atoms with van der Waals surface area (Å²) in [4.78, 5) is 10.7. The Balaban J connectivity index is 3.09. The number of hydrogen-bond donors (Lipinski definition) is 5. The van der Waals surface area contributed by atoms with Crippen molar-refractivity contribution in [3.05, 3.63) is 18.2 Å². The molecule has 0 aliphatic heterocycles. The highest BCUT2D eigenvalue weighted by atomic mass is 32.3. The number of anilines is 1. The molecule has 102 valence electrons. The summed E-state index contributed by atoms with van der Waals surface area (Å²) in [6, 6.07) is 4.78. The van der Waals surface area contributed by atoms with Gasteiger partial charge in [-0.25, -0.2) is 0 Å². The van der Waals surface area contributed by atoms with Crippen molar-refractivity contribution in [1.82, 2.24) is 0 Å². The van der Waals surface area contributed by atoms with Gasteiger partial charge in [0.25, 0.3) is 0 Å². The number of carbonyl (C=O) groups is 1. The fourth-order valence-electron chi connectivity index (χ4n) is 1.07. The van der Waals surface area contributed by atoms with E-state index in [9.17, 15) is 9.90 Å². The SMILES string of the molecule is CC(=O)C(C#N)=NNc1cc(S(O)(O)O)ccc1O. The zero-order chi connectivity index (χ0) is 14.6. The molecule has 1 aromatic carbocycles. The minimum atomic E-state index is -3.93. The number of nitriles is 1. The van der Waals surface area contributed by atoms with E-state index in [1.54, 1.807) is 6.07 Å². The van der Waals surface area contributed by atoms with Crippen LogP contribution in [0, 0.1) is 11.3 Å². The van der Waals surface area contributed by atoms with E-state index in [4.69, 9.17) is 18.9 Å². The van der Waals surface area contributed by atoms with Crippen LogP contribution in [-0.2, 0) is 4.79 Å². The van der Waals surface area contributed by atoms with Crippen molar-refractivity contribution in [2.75, 3.05) is 5.43 Å². The summed E-state index contributed by atoms with van der Waals surface area (Å²) < 4.78 is 27.2. The molecular weight excluding hydrogens is 274 g/mol. The van der Waals surface area contributed by atoms with E-state index in [1.165, 1.54) is 0 Å². The van der Waals surface area contributed by atoms with Gasteiger partial charge in [0.2, 0.25) is 5.71 Å². The van der Waals surface area contributed by atoms with Crippen molar-refractivity contribution in [1.29, 1.82) is 5.26 Å². The Bertz CT molecular complexity index is 574. The van der Waals surface area contributed by atoms with E-state index in [1.807, 2.05) is 0 Å². The lowest BCUT2D eigenvalue weighted by atomic mass is 10.3. The zero-order valence-corrected chi connectivity index (χ0v) is 10.5. The Labute approximate surface area is 110 Å². The fourth-order valence-corrected chi connectivity index (χ4v) is 1.60. The Morgan fingerprint density at radius 3 is 2.53 bits per heavy atom. The van der Waals surface area contributed by atoms with E-state index in [-0.39, 0.29) is 16.3 Å². The van der Waals surface area contributed by atoms with Crippen molar-refractivity contribution >= 4 is 28.1 Å². The van der Waals surface area contributed by atoms with E-state index in [0.717, 1.165) is 25.1 Å². The second-order valence-corrected chi connectivity index (χ2v) is 4.95. The van der Waals surface area contributed by atoms with Crippen LogP contribution in [0.4, 0.5) is 5.69 Å². The standard InChI is InChI=1S/C10H11N3O5S/c1-6(14)9(5-11)13-12-8-4-7(19(16,17)18)2-3-10(8)15/h2-4,12,15-18H,1H3. The van der Waals surface area contributed by atoms with Crippen LogP contribution in [-0.4, -0.2) is 30.3 Å². The summed E-state index contributed by atoms with van der Waals surface area (Å²) >= 11 is 0. The number of rotatable bonds is 4. The monoisotopic (exact) mass is 285 g/mol. The normalized spacial score (nSPS) is 12.7. The summed E-state index contributed by atoms with van der Waals surface area (Å²) in [6.45, 7) is 1.14. The maximum Gasteiger partial charge on any atom is 0.203 e. The second-order valence-electron chi connectivity index (χ2n) is 3.44. The average molecular weight is 285 g/mol. The first-order valence-electron chi connectivity index (χ1n) is 4.84. The van der Waals surface area contributed by atoms with E-state index < -0.39 is 22.4 Å². The lowest BCUT2D eigenvalue weighted by Gasteiger charge is -2.19. The molecule has 0 fully saturated rings. The summed E-state index contributed by atoms with van der Waals surface area (Å²) in [7, 11) is -3.93. The number of hydrazone groups is 1. The fraction of sp³-hybridized carbons (Fsp3) is 0.100. The van der Waals surface area contributed by atoms with Gasteiger partial charge in [-0.3, -0.25) is 10.2 Å². The summed E-state index contributed by atoms with van der Waals surface area (Å²) in [6.07, 6.45) is 0. The molecular formula is C10H11N3O5S. The number of carbonyl (C=O) groups excluding carboxylic acids is 1. The third kappa shape index (κ3) is 3.94. The van der Waals surface area contributed by atoms with E-state index in [2.05, 4.69) is 10.5 Å². The van der Waals surface area contributed by atoms with Crippen molar-refractivity contribution in [2.24, 2.45) is 5.10 Å². The molecule has 0 saturated carbocycles. The second kappa shape index (κ2) is 5.68. The maximum atomic E-state index is 10.9. The Morgan fingerprint density at radius 1 is 1.42 bits per heavy atom. The van der Waals surface area contributed by atoms with Crippen molar-refractivity contribution in [3.63, 3.8) is 0 Å². The van der Waals surface area contributed by atoms with Gasteiger partial charge in [0, 0.05) is 6.92 Å². The minimum Gasteiger partial charge on any atom is -0.506 e. The molecule has 0 aliphatic rings. The molecule has 0 aliphatic carbocycles. The van der Waals surface area contributed by atoms with Crippen LogP contribution in [0.5, 0.6) is 5.75 Å². The highest BCUT2D eigenvalue weighted by molar-refractivity contribution is 8.19. The van der Waals surface area contributed by atoms with Crippen molar-refractivity contribution in [2.45, 2.75) is 11.8 Å². The molecule has 0 atom stereocenters. The van der Waals surface area contributed by atoms with Crippen molar-refractivity contribution < 1.29 is 23.6 Å². The number of Topliss-reactive ketones (excluding diaryl/α,β-unsaturated/α-hetero) is 1. The molecule has 9 heteroatoms. The molecule has 0 heterocycles. The van der Waals surface area contributed by atoms with Crippen LogP contribution >= 0.6 is 10.9 Å². The predicted octanol–water partition coefficient (Wildman–Crippen LogP) is 1.86. The van der Waals surface area contributed by atoms with E-state index in [0.29, 0.717) is 0 Å². The molecule has 8 nitrogen and oxygen atoms in total. The van der Waals surface area contributed by atoms with Gasteiger partial charge in [-0.1, -0.05) is 0 Å². The summed E-state index contributed by atoms with van der Waals surface area (Å²) in [5.74, 6) is -0.880. The number of phenols is 1. The Morgan fingerprint density at radius 2 is 2.05 bits per heavy atom. The van der Waals surface area contributed by atoms with Gasteiger partial charge in [0.1, 0.15) is 22.7 Å². The number of aromatic hydroxyl groups is 1. The molecule has 1 rings (SSSR count). The first-order chi connectivity index (χ1) is 8.75. The largest absolute Gasteiger partial charge is 0.506 e. The van der Waals surface area contributed by atoms with Crippen LogP contribution < -0.4 is 5.43 Å².